The van der Waals surface area contributed by atoms with E-state index in [1.807, 2.05) is 18.2 Å². The van der Waals surface area contributed by atoms with Gasteiger partial charge in [0, 0.05) is 23.1 Å². The maximum absolute atomic E-state index is 13.2. The standard InChI is InChI=1S/C18H17BrN2O3S/c19-14-4-7-17-13(10-14)2-1-9-21(17)25(23,24)15-5-6-16-12(11-15)3-8-18(22)20-16/h4-7,10-11H,1-3,8-9H2,(H,20,22). The number of hydrogen-bond donors (Lipinski definition) is 1. The topological polar surface area (TPSA) is 66.5 Å². The summed E-state index contributed by atoms with van der Waals surface area (Å²) in [7, 11) is -3.63. The lowest BCUT2D eigenvalue weighted by molar-refractivity contribution is -0.116. The summed E-state index contributed by atoms with van der Waals surface area (Å²) in [4.78, 5) is 11.8. The van der Waals surface area contributed by atoms with Crippen molar-refractivity contribution in [1.29, 1.82) is 0 Å². The molecule has 4 rings (SSSR count). The van der Waals surface area contributed by atoms with Gasteiger partial charge >= 0.3 is 0 Å². The van der Waals surface area contributed by atoms with Gasteiger partial charge in [0.2, 0.25) is 5.91 Å². The van der Waals surface area contributed by atoms with Crippen LogP contribution in [0.15, 0.2) is 45.8 Å². The van der Waals surface area contributed by atoms with Crippen LogP contribution < -0.4 is 9.62 Å². The van der Waals surface area contributed by atoms with Crippen LogP contribution in [0.5, 0.6) is 0 Å². The summed E-state index contributed by atoms with van der Waals surface area (Å²) in [6.07, 6.45) is 2.62. The Morgan fingerprint density at radius 2 is 1.84 bits per heavy atom. The number of carbonyl (C=O) groups excluding carboxylic acids is 1. The van der Waals surface area contributed by atoms with Gasteiger partial charge < -0.3 is 5.32 Å². The Morgan fingerprint density at radius 1 is 1.00 bits per heavy atom. The maximum atomic E-state index is 13.2. The second kappa shape index (κ2) is 6.14. The maximum Gasteiger partial charge on any atom is 0.264 e. The number of benzene rings is 2. The number of anilines is 2. The molecule has 1 N–H and O–H groups in total. The van der Waals surface area contributed by atoms with Crippen molar-refractivity contribution >= 4 is 43.2 Å². The van der Waals surface area contributed by atoms with E-state index in [2.05, 4.69) is 21.2 Å². The lowest BCUT2D eigenvalue weighted by Gasteiger charge is -2.31. The van der Waals surface area contributed by atoms with E-state index in [0.29, 0.717) is 25.1 Å². The Morgan fingerprint density at radius 3 is 2.68 bits per heavy atom. The highest BCUT2D eigenvalue weighted by molar-refractivity contribution is 9.10. The van der Waals surface area contributed by atoms with E-state index >= 15 is 0 Å². The van der Waals surface area contributed by atoms with Crippen molar-refractivity contribution in [2.45, 2.75) is 30.6 Å². The van der Waals surface area contributed by atoms with E-state index in [1.54, 1.807) is 18.2 Å². The zero-order valence-corrected chi connectivity index (χ0v) is 15.9. The molecule has 2 aromatic rings. The molecule has 0 fully saturated rings. The molecule has 130 valence electrons. The van der Waals surface area contributed by atoms with Gasteiger partial charge in [-0.3, -0.25) is 9.10 Å². The highest BCUT2D eigenvalue weighted by atomic mass is 79.9. The lowest BCUT2D eigenvalue weighted by Crippen LogP contribution is -2.35. The van der Waals surface area contributed by atoms with Crippen LogP contribution in [0.3, 0.4) is 0 Å². The Bertz CT molecular complexity index is 972. The summed E-state index contributed by atoms with van der Waals surface area (Å²) in [6.45, 7) is 0.477. The molecule has 0 bridgehead atoms. The molecule has 0 spiro atoms. The molecule has 0 aromatic heterocycles. The number of amides is 1. The quantitative estimate of drug-likeness (QED) is 0.808. The molecule has 2 heterocycles. The molecule has 0 saturated heterocycles. The first-order valence-electron chi connectivity index (χ1n) is 8.19. The minimum Gasteiger partial charge on any atom is -0.326 e. The van der Waals surface area contributed by atoms with E-state index in [1.165, 1.54) is 4.31 Å². The highest BCUT2D eigenvalue weighted by Crippen LogP contribution is 2.35. The third-order valence-corrected chi connectivity index (χ3v) is 6.98. The number of fused-ring (bicyclic) bond motifs is 2. The largest absolute Gasteiger partial charge is 0.326 e. The van der Waals surface area contributed by atoms with Gasteiger partial charge in [-0.05, 0) is 66.8 Å². The highest BCUT2D eigenvalue weighted by Gasteiger charge is 2.30. The number of rotatable bonds is 2. The first-order chi connectivity index (χ1) is 11.9. The van der Waals surface area contributed by atoms with Crippen LogP contribution in [-0.2, 0) is 27.7 Å². The first-order valence-corrected chi connectivity index (χ1v) is 10.4. The number of carbonyl (C=O) groups is 1. The Balaban J connectivity index is 1.75. The van der Waals surface area contributed by atoms with E-state index in [4.69, 9.17) is 0 Å². The molecular formula is C18H17BrN2O3S. The lowest BCUT2D eigenvalue weighted by atomic mass is 10.0. The van der Waals surface area contributed by atoms with Gasteiger partial charge in [-0.2, -0.15) is 0 Å². The second-order valence-electron chi connectivity index (χ2n) is 6.32. The predicted molar refractivity (Wildman–Crippen MR) is 100 cm³/mol. The molecule has 5 nitrogen and oxygen atoms in total. The van der Waals surface area contributed by atoms with Crippen molar-refractivity contribution in [1.82, 2.24) is 0 Å². The number of nitrogens with one attached hydrogen (secondary N) is 1. The number of sulfonamides is 1. The van der Waals surface area contributed by atoms with Crippen molar-refractivity contribution in [3.05, 3.63) is 52.0 Å². The molecule has 0 atom stereocenters. The number of halogens is 1. The van der Waals surface area contributed by atoms with Crippen LogP contribution in [0.1, 0.15) is 24.0 Å². The van der Waals surface area contributed by atoms with Crippen LogP contribution in [0, 0.1) is 0 Å². The average Bonchev–Trinajstić information content (AvgIpc) is 2.60. The van der Waals surface area contributed by atoms with Crippen LogP contribution >= 0.6 is 15.9 Å². The second-order valence-corrected chi connectivity index (χ2v) is 9.10. The Labute approximate surface area is 155 Å². The van der Waals surface area contributed by atoms with Crippen LogP contribution in [-0.4, -0.2) is 20.9 Å². The Hall–Kier alpha value is -1.86. The zero-order chi connectivity index (χ0) is 17.6. The summed E-state index contributed by atoms with van der Waals surface area (Å²) in [5, 5.41) is 2.79. The van der Waals surface area contributed by atoms with Gasteiger partial charge in [0.05, 0.1) is 10.6 Å². The summed E-state index contributed by atoms with van der Waals surface area (Å²) in [5.74, 6) is -0.0290. The predicted octanol–water partition coefficient (Wildman–Crippen LogP) is 3.48. The van der Waals surface area contributed by atoms with Crippen LogP contribution in [0.2, 0.25) is 0 Å². The van der Waals surface area contributed by atoms with Crippen LogP contribution in [0.25, 0.3) is 0 Å². The Kier molecular flexibility index (Phi) is 4.08. The smallest absolute Gasteiger partial charge is 0.264 e. The summed E-state index contributed by atoms with van der Waals surface area (Å²) in [5.41, 5.74) is 3.36. The van der Waals surface area contributed by atoms with Crippen LogP contribution in [0.4, 0.5) is 11.4 Å². The third-order valence-electron chi connectivity index (χ3n) is 4.68. The monoisotopic (exact) mass is 420 g/mol. The van der Waals surface area contributed by atoms with E-state index < -0.39 is 10.0 Å². The van der Waals surface area contributed by atoms with Crippen molar-refractivity contribution in [2.24, 2.45) is 0 Å². The molecule has 0 radical (unpaired) electrons. The minimum absolute atomic E-state index is 0.0290. The first kappa shape index (κ1) is 16.6. The molecule has 0 saturated carbocycles. The normalized spacial score (nSPS) is 16.8. The fourth-order valence-electron chi connectivity index (χ4n) is 3.43. The SMILES string of the molecule is O=C1CCc2cc(S(=O)(=O)N3CCCc4cc(Br)ccc43)ccc2N1. The van der Waals surface area contributed by atoms with Gasteiger partial charge in [0.1, 0.15) is 0 Å². The van der Waals surface area contributed by atoms with Gasteiger partial charge in [-0.15, -0.1) is 0 Å². The molecule has 2 aliphatic rings. The molecular weight excluding hydrogens is 404 g/mol. The van der Waals surface area contributed by atoms with Crippen molar-refractivity contribution < 1.29 is 13.2 Å². The molecule has 25 heavy (non-hydrogen) atoms. The average molecular weight is 421 g/mol. The third kappa shape index (κ3) is 2.95. The van der Waals surface area contributed by atoms with E-state index in [-0.39, 0.29) is 10.8 Å². The van der Waals surface area contributed by atoms with Crippen molar-refractivity contribution in [2.75, 3.05) is 16.2 Å². The number of nitrogens with zero attached hydrogens (tertiary/aromatic N) is 1. The van der Waals surface area contributed by atoms with Crippen molar-refractivity contribution in [3.63, 3.8) is 0 Å². The van der Waals surface area contributed by atoms with Crippen molar-refractivity contribution in [3.8, 4) is 0 Å². The number of hydrogen-bond acceptors (Lipinski definition) is 3. The van der Waals surface area contributed by atoms with Gasteiger partial charge in [-0.25, -0.2) is 8.42 Å². The van der Waals surface area contributed by atoms with E-state index in [0.717, 1.165) is 34.1 Å². The zero-order valence-electron chi connectivity index (χ0n) is 13.5. The molecule has 2 aromatic carbocycles. The molecule has 7 heteroatoms. The molecule has 2 aliphatic heterocycles. The van der Waals surface area contributed by atoms with Gasteiger partial charge in [0.15, 0.2) is 0 Å². The summed E-state index contributed by atoms with van der Waals surface area (Å²) in [6, 6.07) is 10.7. The number of aryl methyl sites for hydroxylation is 2. The molecule has 1 amide bonds. The van der Waals surface area contributed by atoms with Gasteiger partial charge in [0.25, 0.3) is 10.0 Å². The molecule has 0 aliphatic carbocycles. The molecule has 0 unspecified atom stereocenters. The minimum atomic E-state index is -3.63. The fraction of sp³-hybridized carbons (Fsp3) is 0.278. The fourth-order valence-corrected chi connectivity index (χ4v) is 5.43. The summed E-state index contributed by atoms with van der Waals surface area (Å²) < 4.78 is 28.9. The van der Waals surface area contributed by atoms with Gasteiger partial charge in [-0.1, -0.05) is 15.9 Å². The van der Waals surface area contributed by atoms with E-state index in [9.17, 15) is 13.2 Å². The summed E-state index contributed by atoms with van der Waals surface area (Å²) >= 11 is 3.45.